The molecule has 0 fully saturated rings. The van der Waals surface area contributed by atoms with Crippen molar-refractivity contribution in [2.75, 3.05) is 16.9 Å². The molecule has 0 saturated carbocycles. The van der Waals surface area contributed by atoms with Gasteiger partial charge in [0.05, 0.1) is 18.5 Å². The molecule has 0 aliphatic carbocycles. The van der Waals surface area contributed by atoms with Gasteiger partial charge in [-0.1, -0.05) is 127 Å². The summed E-state index contributed by atoms with van der Waals surface area (Å²) in [5.41, 5.74) is 20.5. The van der Waals surface area contributed by atoms with Crippen molar-refractivity contribution in [2.45, 2.75) is 48.5 Å². The van der Waals surface area contributed by atoms with Gasteiger partial charge in [0.25, 0.3) is 0 Å². The van der Waals surface area contributed by atoms with Gasteiger partial charge in [-0.25, -0.2) is 0 Å². The molecule has 0 aromatic heterocycles. The Hall–Kier alpha value is -8.66. The fourth-order valence-electron chi connectivity index (χ4n) is 12.1. The monoisotopic (exact) mass is 940 g/mol. The molecule has 13 rings (SSSR count). The second kappa shape index (κ2) is 17.0. The molecular weight excluding hydrogens is 885 g/mol. The lowest BCUT2D eigenvalue weighted by Crippen LogP contribution is -2.11. The Balaban J connectivity index is 1.18. The van der Waals surface area contributed by atoms with E-state index in [0.29, 0.717) is 0 Å². The molecule has 0 aliphatic heterocycles. The lowest BCUT2D eigenvalue weighted by atomic mass is 9.87. The second-order valence-corrected chi connectivity index (χ2v) is 20.3. The molecule has 0 bridgehead atoms. The van der Waals surface area contributed by atoms with Gasteiger partial charge in [0, 0.05) is 33.5 Å². The summed E-state index contributed by atoms with van der Waals surface area (Å²) >= 11 is 0. The first-order valence-electron chi connectivity index (χ1n) is 25.5. The van der Waals surface area contributed by atoms with Crippen LogP contribution in [0.25, 0.3) is 86.9 Å². The van der Waals surface area contributed by atoms with Crippen molar-refractivity contribution >= 4 is 98.8 Å². The van der Waals surface area contributed by atoms with E-state index in [0.717, 1.165) is 45.4 Å². The summed E-state index contributed by atoms with van der Waals surface area (Å²) < 4.78 is 5.79. The molecule has 352 valence electrons. The van der Waals surface area contributed by atoms with Gasteiger partial charge in [-0.05, 0) is 230 Å². The van der Waals surface area contributed by atoms with Crippen molar-refractivity contribution in [3.05, 3.63) is 233 Å². The molecule has 0 amide bonds. The molecule has 0 heterocycles. The molecule has 3 nitrogen and oxygen atoms in total. The van der Waals surface area contributed by atoms with Crippen LogP contribution in [0, 0.1) is 48.5 Å². The summed E-state index contributed by atoms with van der Waals surface area (Å²) in [6.07, 6.45) is 0. The Morgan fingerprint density at radius 3 is 0.973 bits per heavy atom. The predicted molar refractivity (Wildman–Crippen MR) is 314 cm³/mol. The van der Waals surface area contributed by atoms with Crippen LogP contribution in [-0.2, 0) is 0 Å². The largest absolute Gasteiger partial charge is 0.496 e. The second-order valence-electron chi connectivity index (χ2n) is 20.3. The molecule has 0 spiro atoms. The Labute approximate surface area is 427 Å². The highest BCUT2D eigenvalue weighted by atomic mass is 16.5. The van der Waals surface area contributed by atoms with Gasteiger partial charge in [0.2, 0.25) is 0 Å². The number of benzene rings is 11. The van der Waals surface area contributed by atoms with Crippen LogP contribution in [0.4, 0.5) is 34.1 Å². The summed E-state index contributed by atoms with van der Waals surface area (Å²) in [7, 11) is 1.75. The average Bonchev–Trinajstić information content (AvgIpc) is 3.92. The highest BCUT2D eigenvalue weighted by Gasteiger charge is 2.30. The molecule has 0 saturated heterocycles. The fourth-order valence-corrected chi connectivity index (χ4v) is 12.1. The van der Waals surface area contributed by atoms with Crippen molar-refractivity contribution in [3.8, 4) is 28.0 Å². The third kappa shape index (κ3) is 6.79. The van der Waals surface area contributed by atoms with E-state index in [9.17, 15) is 0 Å². The van der Waals surface area contributed by atoms with Crippen LogP contribution in [0.1, 0.15) is 38.9 Å². The van der Waals surface area contributed by atoms with E-state index >= 15 is 0 Å². The number of nitrogens with zero attached hydrogens (tertiary/aromatic N) is 2. The zero-order valence-electron chi connectivity index (χ0n) is 42.8. The molecule has 0 aliphatic rings. The van der Waals surface area contributed by atoms with Crippen molar-refractivity contribution in [1.29, 1.82) is 0 Å². The summed E-state index contributed by atoms with van der Waals surface area (Å²) in [5.74, 6) is 0.878. The third-order valence-corrected chi connectivity index (χ3v) is 16.1. The van der Waals surface area contributed by atoms with E-state index in [1.807, 2.05) is 0 Å². The van der Waals surface area contributed by atoms with E-state index in [4.69, 9.17) is 4.74 Å². The van der Waals surface area contributed by atoms with Crippen LogP contribution in [0.15, 0.2) is 194 Å². The molecule has 13 aromatic rings. The van der Waals surface area contributed by atoms with Crippen LogP contribution in [0.2, 0.25) is 0 Å². The first-order chi connectivity index (χ1) is 35.6. The number of ether oxygens (including phenoxy) is 1. The number of methoxy groups -OCH3 is 1. The van der Waals surface area contributed by atoms with Gasteiger partial charge in [-0.15, -0.1) is 0 Å². The van der Waals surface area contributed by atoms with Crippen molar-refractivity contribution < 1.29 is 4.74 Å². The number of aryl methyl sites for hydroxylation is 7. The molecule has 0 radical (unpaired) electrons. The first kappa shape index (κ1) is 44.3. The fraction of sp³-hybridized carbons (Fsp3) is 0.114. The van der Waals surface area contributed by atoms with Crippen LogP contribution in [0.3, 0.4) is 0 Å². The lowest BCUT2D eigenvalue weighted by Gasteiger charge is -2.28. The average molecular weight is 941 g/mol. The molecule has 13 aromatic carbocycles. The van der Waals surface area contributed by atoms with Gasteiger partial charge < -0.3 is 14.5 Å². The van der Waals surface area contributed by atoms with Crippen molar-refractivity contribution in [2.24, 2.45) is 0 Å². The Kier molecular flexibility index (Phi) is 10.3. The van der Waals surface area contributed by atoms with Gasteiger partial charge >= 0.3 is 0 Å². The van der Waals surface area contributed by atoms with Gasteiger partial charge in [0.15, 0.2) is 0 Å². The first-order valence-corrected chi connectivity index (χ1v) is 25.5. The number of anilines is 6. The molecule has 0 N–H and O–H groups in total. The topological polar surface area (TPSA) is 15.7 Å². The Morgan fingerprint density at radius 1 is 0.274 bits per heavy atom. The maximum atomic E-state index is 5.79. The highest BCUT2D eigenvalue weighted by Crippen LogP contribution is 2.58. The standard InChI is InChI=1S/C70H56N2O/c1-41-25-28-50(37-44(41)4)71(51-29-26-42(2)45(5)38-51)60-34-32-58-65-54(60)21-15-23-56(65)67-63(48-17-11-9-12-18-48)68-57-24-16-22-55-61(35-33-59(66(55)57)70(68)64(69(58)67)49-19-13-10-14-20-49)72(52-30-27-43(3)46(6)39-52)53-31-36-62(73-8)47(7)40-53/h9-40H,1-8H3. The molecule has 73 heavy (non-hydrogen) atoms. The number of fused-ring (bicyclic) bond motifs is 6. The zero-order chi connectivity index (χ0) is 49.8. The smallest absolute Gasteiger partial charge is 0.121 e. The zero-order valence-corrected chi connectivity index (χ0v) is 42.8. The van der Waals surface area contributed by atoms with Crippen LogP contribution < -0.4 is 14.5 Å². The minimum absolute atomic E-state index is 0.878. The van der Waals surface area contributed by atoms with E-state index in [1.165, 1.54) is 120 Å². The molecule has 3 heteroatoms. The highest BCUT2D eigenvalue weighted by molar-refractivity contribution is 6.47. The summed E-state index contributed by atoms with van der Waals surface area (Å²) in [5, 5.41) is 15.2. The summed E-state index contributed by atoms with van der Waals surface area (Å²) in [4.78, 5) is 4.92. The Morgan fingerprint density at radius 2 is 0.616 bits per heavy atom. The quantitative estimate of drug-likeness (QED) is 0.143. The van der Waals surface area contributed by atoms with Crippen LogP contribution in [-0.4, -0.2) is 7.11 Å². The van der Waals surface area contributed by atoms with E-state index in [-0.39, 0.29) is 0 Å². The summed E-state index contributed by atoms with van der Waals surface area (Å²) in [6, 6.07) is 73.1. The number of hydrogen-bond acceptors (Lipinski definition) is 3. The predicted octanol–water partition coefficient (Wildman–Crippen LogP) is 19.9. The maximum absolute atomic E-state index is 5.79. The van der Waals surface area contributed by atoms with Crippen molar-refractivity contribution in [1.82, 2.24) is 0 Å². The summed E-state index contributed by atoms with van der Waals surface area (Å²) in [6.45, 7) is 15.4. The Bertz CT molecular complexity index is 4170. The lowest BCUT2D eigenvalue weighted by molar-refractivity contribution is 0.412. The van der Waals surface area contributed by atoms with E-state index < -0.39 is 0 Å². The minimum atomic E-state index is 0.878. The number of hydrogen-bond donors (Lipinski definition) is 0. The molecule has 0 atom stereocenters. The van der Waals surface area contributed by atoms with E-state index in [2.05, 4.69) is 252 Å². The third-order valence-electron chi connectivity index (χ3n) is 16.1. The minimum Gasteiger partial charge on any atom is -0.496 e. The molecular formula is C70H56N2O. The SMILES string of the molecule is COc1ccc(N(c2ccc(C)c(C)c2)c2ccc3c4c(-c5ccccc5)c5c6ccc(N(c7ccc(C)c(C)c7)c7ccc(C)c(C)c7)c7cccc(c5c(-c5ccccc5)c4c4cccc2c43)c76)cc1C. The van der Waals surface area contributed by atoms with Crippen LogP contribution in [0.5, 0.6) is 5.75 Å². The van der Waals surface area contributed by atoms with Gasteiger partial charge in [0.1, 0.15) is 5.75 Å². The van der Waals surface area contributed by atoms with Crippen molar-refractivity contribution in [3.63, 3.8) is 0 Å². The number of rotatable bonds is 9. The molecule has 0 unspecified atom stereocenters. The van der Waals surface area contributed by atoms with Gasteiger partial charge in [-0.2, -0.15) is 0 Å². The normalized spacial score (nSPS) is 11.8. The van der Waals surface area contributed by atoms with E-state index in [1.54, 1.807) is 7.11 Å². The maximum Gasteiger partial charge on any atom is 0.121 e. The van der Waals surface area contributed by atoms with Crippen LogP contribution >= 0.6 is 0 Å². The van der Waals surface area contributed by atoms with Gasteiger partial charge in [-0.3, -0.25) is 0 Å².